The van der Waals surface area contributed by atoms with Crippen LogP contribution in [0, 0.1) is 24.4 Å². The zero-order valence-corrected chi connectivity index (χ0v) is 11.8. The smallest absolute Gasteiger partial charge is 0.198 e. The Morgan fingerprint density at radius 3 is 2.33 bits per heavy atom. The minimum Gasteiger partial charge on any atom is -0.451 e. The molecule has 0 fully saturated rings. The first kappa shape index (κ1) is 15.4. The second-order valence-corrected chi connectivity index (χ2v) is 4.68. The second-order valence-electron chi connectivity index (χ2n) is 4.68. The van der Waals surface area contributed by atoms with Gasteiger partial charge in [0.15, 0.2) is 17.4 Å². The van der Waals surface area contributed by atoms with E-state index in [4.69, 9.17) is 4.74 Å². The molecule has 0 atom stereocenters. The van der Waals surface area contributed by atoms with E-state index >= 15 is 0 Å². The molecule has 2 rings (SSSR count). The van der Waals surface area contributed by atoms with E-state index in [-0.39, 0.29) is 5.75 Å². The Morgan fingerprint density at radius 1 is 1.05 bits per heavy atom. The summed E-state index contributed by atoms with van der Waals surface area (Å²) in [6, 6.07) is 6.25. The maximum Gasteiger partial charge on any atom is 0.198 e. The van der Waals surface area contributed by atoms with Gasteiger partial charge in [-0.2, -0.15) is 0 Å². The zero-order chi connectivity index (χ0) is 15.4. The fraction of sp³-hybridized carbons (Fsp3) is 0.250. The van der Waals surface area contributed by atoms with Crippen molar-refractivity contribution in [3.05, 3.63) is 58.9 Å². The van der Waals surface area contributed by atoms with E-state index < -0.39 is 23.2 Å². The quantitative estimate of drug-likeness (QED) is 0.887. The summed E-state index contributed by atoms with van der Waals surface area (Å²) in [6.45, 7) is 4.63. The lowest BCUT2D eigenvalue weighted by Gasteiger charge is -2.12. The minimum absolute atomic E-state index is 0.0900. The molecule has 0 heterocycles. The predicted octanol–water partition coefficient (Wildman–Crippen LogP) is 4.31. The number of benzene rings is 2. The third kappa shape index (κ3) is 3.76. The lowest BCUT2D eigenvalue weighted by molar-refractivity contribution is 0.401. The molecule has 0 aliphatic heterocycles. The van der Waals surface area contributed by atoms with Crippen LogP contribution in [0.2, 0.25) is 0 Å². The lowest BCUT2D eigenvalue weighted by atomic mass is 10.2. The number of halogens is 3. The molecule has 5 heteroatoms. The van der Waals surface area contributed by atoms with Gasteiger partial charge in [0.05, 0.1) is 0 Å². The molecule has 2 nitrogen and oxygen atoms in total. The van der Waals surface area contributed by atoms with Gasteiger partial charge in [0, 0.05) is 12.6 Å². The van der Waals surface area contributed by atoms with Gasteiger partial charge in [-0.3, -0.25) is 0 Å². The van der Waals surface area contributed by atoms with E-state index in [1.807, 2.05) is 6.92 Å². The molecular weight excluding hydrogens is 279 g/mol. The van der Waals surface area contributed by atoms with E-state index in [1.54, 1.807) is 6.92 Å². The molecule has 0 spiro atoms. The Morgan fingerprint density at radius 2 is 1.71 bits per heavy atom. The summed E-state index contributed by atoms with van der Waals surface area (Å²) in [5, 5.41) is 2.98. The number of hydrogen-bond donors (Lipinski definition) is 1. The highest BCUT2D eigenvalue weighted by molar-refractivity contribution is 5.39. The summed E-state index contributed by atoms with van der Waals surface area (Å²) in [6.07, 6.45) is 0. The number of aryl methyl sites for hydroxylation is 1. The molecule has 0 saturated carbocycles. The molecule has 21 heavy (non-hydrogen) atoms. The maximum absolute atomic E-state index is 14.0. The number of hydrogen-bond acceptors (Lipinski definition) is 2. The Kier molecular flexibility index (Phi) is 4.85. The Balaban J connectivity index is 2.30. The molecule has 0 aliphatic rings. The number of ether oxygens (including phenoxy) is 1. The molecule has 0 bridgehead atoms. The van der Waals surface area contributed by atoms with Crippen LogP contribution in [-0.4, -0.2) is 6.54 Å². The summed E-state index contributed by atoms with van der Waals surface area (Å²) >= 11 is 0. The van der Waals surface area contributed by atoms with Crippen LogP contribution in [0.5, 0.6) is 11.5 Å². The van der Waals surface area contributed by atoms with Gasteiger partial charge < -0.3 is 10.1 Å². The number of nitrogens with one attached hydrogen (secondary N) is 1. The molecule has 0 unspecified atom stereocenters. The van der Waals surface area contributed by atoms with Crippen molar-refractivity contribution in [3.8, 4) is 11.5 Å². The molecule has 112 valence electrons. The van der Waals surface area contributed by atoms with Gasteiger partial charge in [-0.1, -0.05) is 13.0 Å². The molecule has 0 aliphatic carbocycles. The average molecular weight is 295 g/mol. The predicted molar refractivity (Wildman–Crippen MR) is 74.9 cm³/mol. The SMILES string of the molecule is CCNCc1cc(F)c(Oc2cc(F)ccc2C)c(F)c1. The zero-order valence-electron chi connectivity index (χ0n) is 11.8. The summed E-state index contributed by atoms with van der Waals surface area (Å²) in [4.78, 5) is 0. The summed E-state index contributed by atoms with van der Waals surface area (Å²) in [7, 11) is 0. The third-order valence-electron chi connectivity index (χ3n) is 3.00. The normalized spacial score (nSPS) is 10.7. The second kappa shape index (κ2) is 6.63. The van der Waals surface area contributed by atoms with Crippen LogP contribution in [0.3, 0.4) is 0 Å². The molecular formula is C16H16F3NO. The Hall–Kier alpha value is -2.01. The Bertz CT molecular complexity index is 620. The van der Waals surface area contributed by atoms with E-state index in [9.17, 15) is 13.2 Å². The molecule has 0 saturated heterocycles. The molecule has 2 aromatic carbocycles. The van der Waals surface area contributed by atoms with Gasteiger partial charge in [-0.25, -0.2) is 13.2 Å². The van der Waals surface area contributed by atoms with Crippen molar-refractivity contribution in [3.63, 3.8) is 0 Å². The first-order valence-electron chi connectivity index (χ1n) is 6.64. The van der Waals surface area contributed by atoms with Crippen molar-refractivity contribution in [1.29, 1.82) is 0 Å². The minimum atomic E-state index is -0.813. The summed E-state index contributed by atoms with van der Waals surface area (Å²) < 4.78 is 46.3. The summed E-state index contributed by atoms with van der Waals surface area (Å²) in [5.41, 5.74) is 1.07. The average Bonchev–Trinajstić information content (AvgIpc) is 2.44. The molecule has 0 radical (unpaired) electrons. The van der Waals surface area contributed by atoms with Crippen LogP contribution < -0.4 is 10.1 Å². The van der Waals surface area contributed by atoms with E-state index in [0.29, 0.717) is 24.2 Å². The fourth-order valence-electron chi connectivity index (χ4n) is 1.88. The first-order chi connectivity index (χ1) is 10.0. The van der Waals surface area contributed by atoms with Crippen LogP contribution in [0.15, 0.2) is 30.3 Å². The molecule has 0 amide bonds. The van der Waals surface area contributed by atoms with Gasteiger partial charge in [0.2, 0.25) is 0 Å². The van der Waals surface area contributed by atoms with E-state index in [1.165, 1.54) is 24.3 Å². The highest BCUT2D eigenvalue weighted by Gasteiger charge is 2.15. The molecule has 0 aromatic heterocycles. The highest BCUT2D eigenvalue weighted by atomic mass is 19.1. The van der Waals surface area contributed by atoms with Gasteiger partial charge in [-0.05, 0) is 42.8 Å². The van der Waals surface area contributed by atoms with Gasteiger partial charge >= 0.3 is 0 Å². The van der Waals surface area contributed by atoms with Crippen molar-refractivity contribution in [1.82, 2.24) is 5.32 Å². The van der Waals surface area contributed by atoms with Crippen molar-refractivity contribution in [2.75, 3.05) is 6.54 Å². The largest absolute Gasteiger partial charge is 0.451 e. The molecule has 2 aromatic rings. The van der Waals surface area contributed by atoms with Crippen molar-refractivity contribution >= 4 is 0 Å². The van der Waals surface area contributed by atoms with Crippen molar-refractivity contribution in [2.45, 2.75) is 20.4 Å². The van der Waals surface area contributed by atoms with Crippen LogP contribution in [0.1, 0.15) is 18.1 Å². The van der Waals surface area contributed by atoms with Crippen LogP contribution in [0.4, 0.5) is 13.2 Å². The van der Waals surface area contributed by atoms with Crippen LogP contribution in [-0.2, 0) is 6.54 Å². The monoisotopic (exact) mass is 295 g/mol. The van der Waals surface area contributed by atoms with Crippen molar-refractivity contribution < 1.29 is 17.9 Å². The first-order valence-corrected chi connectivity index (χ1v) is 6.64. The van der Waals surface area contributed by atoms with E-state index in [0.717, 1.165) is 6.07 Å². The lowest BCUT2D eigenvalue weighted by Crippen LogP contribution is -2.12. The molecule has 1 N–H and O–H groups in total. The van der Waals surface area contributed by atoms with Crippen LogP contribution >= 0.6 is 0 Å². The van der Waals surface area contributed by atoms with Gasteiger partial charge in [0.25, 0.3) is 0 Å². The van der Waals surface area contributed by atoms with Gasteiger partial charge in [0.1, 0.15) is 11.6 Å². The van der Waals surface area contributed by atoms with Crippen molar-refractivity contribution in [2.24, 2.45) is 0 Å². The standard InChI is InChI=1S/C16H16F3NO/c1-3-20-9-11-6-13(18)16(14(19)7-11)21-15-8-12(17)5-4-10(15)2/h4-8,20H,3,9H2,1-2H3. The van der Waals surface area contributed by atoms with Gasteiger partial charge in [-0.15, -0.1) is 0 Å². The highest BCUT2D eigenvalue weighted by Crippen LogP contribution is 2.31. The Labute approximate surface area is 121 Å². The summed E-state index contributed by atoms with van der Waals surface area (Å²) in [5.74, 6) is -2.59. The third-order valence-corrected chi connectivity index (χ3v) is 3.00. The number of rotatable bonds is 5. The fourth-order valence-corrected chi connectivity index (χ4v) is 1.88. The maximum atomic E-state index is 14.0. The van der Waals surface area contributed by atoms with Crippen LogP contribution in [0.25, 0.3) is 0 Å². The van der Waals surface area contributed by atoms with E-state index in [2.05, 4.69) is 5.32 Å². The topological polar surface area (TPSA) is 21.3 Å².